The van der Waals surface area contributed by atoms with E-state index in [1.54, 1.807) is 0 Å². The first kappa shape index (κ1) is 59.3. The zero-order valence-electron chi connectivity index (χ0n) is 40.7. The largest absolute Gasteiger partial charge is 0.462 e. The van der Waals surface area contributed by atoms with Crippen LogP contribution < -0.4 is 5.32 Å². The lowest BCUT2D eigenvalue weighted by atomic mass is 10.0. The summed E-state index contributed by atoms with van der Waals surface area (Å²) in [6.45, 7) is 6.33. The zero-order valence-corrected chi connectivity index (χ0v) is 40.7. The maximum absolute atomic E-state index is 13.2. The third kappa shape index (κ3) is 43.9. The minimum absolute atomic E-state index is 0.0590. The van der Waals surface area contributed by atoms with Crippen LogP contribution in [0.3, 0.4) is 0 Å². The van der Waals surface area contributed by atoms with E-state index in [1.165, 1.54) is 128 Å². The van der Waals surface area contributed by atoms with Gasteiger partial charge in [0.05, 0.1) is 25.2 Å². The van der Waals surface area contributed by atoms with Gasteiger partial charge in [0.1, 0.15) is 6.10 Å². The minimum Gasteiger partial charge on any atom is -0.462 e. The average Bonchev–Trinajstić information content (AvgIpc) is 3.26. The normalized spacial score (nSPS) is 13.8. The van der Waals surface area contributed by atoms with Crippen LogP contribution in [-0.4, -0.2) is 46.9 Å². The molecule has 0 saturated carbocycles. The Morgan fingerprint density at radius 3 is 1.31 bits per heavy atom. The van der Waals surface area contributed by atoms with Crippen LogP contribution >= 0.6 is 0 Å². The number of ether oxygens (including phenoxy) is 1. The molecule has 0 bridgehead atoms. The summed E-state index contributed by atoms with van der Waals surface area (Å²) in [6, 6.07) is -0.712. The highest BCUT2D eigenvalue weighted by Crippen LogP contribution is 2.18. The second-order valence-corrected chi connectivity index (χ2v) is 17.7. The first-order valence-electron chi connectivity index (χ1n) is 26.2. The number of carbonyl (C=O) groups is 2. The molecular formula is C56H99NO5. The summed E-state index contributed by atoms with van der Waals surface area (Å²) in [4.78, 5) is 26.2. The van der Waals surface area contributed by atoms with Crippen molar-refractivity contribution in [2.45, 2.75) is 264 Å². The second kappa shape index (κ2) is 49.3. The molecule has 358 valence electrons. The molecule has 6 nitrogen and oxygen atoms in total. The van der Waals surface area contributed by atoms with Crippen molar-refractivity contribution in [3.63, 3.8) is 0 Å². The predicted molar refractivity (Wildman–Crippen MR) is 268 cm³/mol. The fourth-order valence-electron chi connectivity index (χ4n) is 7.76. The Bertz CT molecular complexity index is 1150. The van der Waals surface area contributed by atoms with Crippen molar-refractivity contribution in [1.82, 2.24) is 5.32 Å². The molecule has 1 amide bonds. The van der Waals surface area contributed by atoms with Crippen molar-refractivity contribution < 1.29 is 24.5 Å². The molecule has 0 fully saturated rings. The van der Waals surface area contributed by atoms with E-state index >= 15 is 0 Å². The Kier molecular flexibility index (Phi) is 47.2. The van der Waals surface area contributed by atoms with Gasteiger partial charge in [-0.05, 0) is 44.9 Å². The van der Waals surface area contributed by atoms with Gasteiger partial charge in [-0.1, -0.05) is 261 Å². The maximum atomic E-state index is 13.2. The van der Waals surface area contributed by atoms with Crippen molar-refractivity contribution >= 4 is 11.9 Å². The number of nitrogens with one attached hydrogen (secondary N) is 1. The number of rotatable bonds is 46. The first-order chi connectivity index (χ1) is 30.5. The lowest BCUT2D eigenvalue weighted by Gasteiger charge is -2.24. The van der Waals surface area contributed by atoms with Gasteiger partial charge in [-0.2, -0.15) is 0 Å². The van der Waals surface area contributed by atoms with E-state index in [0.717, 1.165) is 70.6 Å². The summed E-state index contributed by atoms with van der Waals surface area (Å²) in [5.74, 6) is -0.521. The molecule has 3 unspecified atom stereocenters. The fourth-order valence-corrected chi connectivity index (χ4v) is 7.76. The lowest BCUT2D eigenvalue weighted by molar-refractivity contribution is -0.151. The zero-order chi connectivity index (χ0) is 45.2. The van der Waals surface area contributed by atoms with Gasteiger partial charge in [0, 0.05) is 6.42 Å². The van der Waals surface area contributed by atoms with E-state index in [9.17, 15) is 19.8 Å². The van der Waals surface area contributed by atoms with Crippen LogP contribution in [0.1, 0.15) is 245 Å². The number of amides is 1. The molecule has 0 spiro atoms. The molecule has 0 aromatic carbocycles. The molecule has 0 saturated heterocycles. The number of unbranched alkanes of at least 4 members (excludes halogenated alkanes) is 27. The van der Waals surface area contributed by atoms with E-state index < -0.39 is 18.2 Å². The smallest absolute Gasteiger partial charge is 0.306 e. The number of esters is 1. The number of carbonyl (C=O) groups excluding carboxylic acids is 2. The summed E-state index contributed by atoms with van der Waals surface area (Å²) in [6.07, 6.45) is 62.4. The van der Waals surface area contributed by atoms with Gasteiger partial charge in [0.25, 0.3) is 0 Å². The van der Waals surface area contributed by atoms with E-state index in [-0.39, 0.29) is 24.9 Å². The first-order valence-corrected chi connectivity index (χ1v) is 26.2. The van der Waals surface area contributed by atoms with Gasteiger partial charge in [-0.25, -0.2) is 0 Å². The van der Waals surface area contributed by atoms with Crippen molar-refractivity contribution in [3.05, 3.63) is 72.9 Å². The monoisotopic (exact) mass is 866 g/mol. The Morgan fingerprint density at radius 1 is 0.484 bits per heavy atom. The van der Waals surface area contributed by atoms with E-state index in [2.05, 4.69) is 50.4 Å². The third-order valence-corrected chi connectivity index (χ3v) is 11.7. The summed E-state index contributed by atoms with van der Waals surface area (Å²) in [5, 5.41) is 23.8. The third-order valence-electron chi connectivity index (χ3n) is 11.7. The van der Waals surface area contributed by atoms with Crippen molar-refractivity contribution in [1.29, 1.82) is 0 Å². The van der Waals surface area contributed by atoms with Gasteiger partial charge in [-0.15, -0.1) is 0 Å². The van der Waals surface area contributed by atoms with Gasteiger partial charge in [0.15, 0.2) is 0 Å². The molecule has 0 aromatic heterocycles. The van der Waals surface area contributed by atoms with Crippen LogP contribution in [0.25, 0.3) is 0 Å². The van der Waals surface area contributed by atoms with Crippen LogP contribution in [0.4, 0.5) is 0 Å². The molecule has 0 aliphatic carbocycles. The average molecular weight is 866 g/mol. The van der Waals surface area contributed by atoms with Gasteiger partial charge >= 0.3 is 5.97 Å². The summed E-state index contributed by atoms with van der Waals surface area (Å²) >= 11 is 0. The van der Waals surface area contributed by atoms with Gasteiger partial charge < -0.3 is 20.3 Å². The maximum Gasteiger partial charge on any atom is 0.306 e. The molecule has 3 N–H and O–H groups in total. The number of allylic oxidation sites excluding steroid dienone is 12. The minimum atomic E-state index is -0.797. The van der Waals surface area contributed by atoms with E-state index in [1.807, 2.05) is 48.6 Å². The Balaban J connectivity index is 4.67. The Hall–Kier alpha value is -2.70. The van der Waals surface area contributed by atoms with Crippen LogP contribution in [0, 0.1) is 0 Å². The quantitative estimate of drug-likeness (QED) is 0.0322. The molecule has 0 heterocycles. The Morgan fingerprint density at radius 2 is 0.871 bits per heavy atom. The van der Waals surface area contributed by atoms with Gasteiger partial charge in [0.2, 0.25) is 5.91 Å². The molecular weight excluding hydrogens is 767 g/mol. The van der Waals surface area contributed by atoms with Crippen LogP contribution in [0.2, 0.25) is 0 Å². The van der Waals surface area contributed by atoms with E-state index in [4.69, 9.17) is 4.74 Å². The highest BCUT2D eigenvalue weighted by molar-refractivity contribution is 5.77. The molecule has 0 radical (unpaired) electrons. The van der Waals surface area contributed by atoms with Crippen LogP contribution in [0.5, 0.6) is 0 Å². The standard InChI is InChI=1S/C56H99NO5/c1-4-7-10-13-16-19-22-25-27-28-29-31-34-37-40-43-46-49-56(61)62-52(47-44-41-38-35-32-30-26-23-20-17-14-11-8-5-2)50-55(60)57-53(51-58)54(59)48-45-42-39-36-33-24-21-18-15-12-9-6-3/h7,10,13,16,19,22,25,27-29,31,34,52-54,58-59H,4-6,8-9,11-12,14-15,17-18,20-21,23-24,26,30,32-33,35-51H2,1-3H3,(H,57,60)/b10-7-,16-13+,22-19+,27-25-,29-28+,34-31+. The van der Waals surface area contributed by atoms with E-state index in [0.29, 0.717) is 19.3 Å². The highest BCUT2D eigenvalue weighted by Gasteiger charge is 2.24. The summed E-state index contributed by atoms with van der Waals surface area (Å²) in [5.41, 5.74) is 0. The number of hydrogen-bond acceptors (Lipinski definition) is 5. The van der Waals surface area contributed by atoms with Gasteiger partial charge in [-0.3, -0.25) is 9.59 Å². The van der Waals surface area contributed by atoms with Crippen molar-refractivity contribution in [2.75, 3.05) is 6.61 Å². The summed E-state index contributed by atoms with van der Waals surface area (Å²) in [7, 11) is 0. The Labute approximate surface area is 383 Å². The summed E-state index contributed by atoms with van der Waals surface area (Å²) < 4.78 is 5.92. The second-order valence-electron chi connectivity index (χ2n) is 17.7. The molecule has 3 atom stereocenters. The number of hydrogen-bond donors (Lipinski definition) is 3. The molecule has 0 aliphatic rings. The SMILES string of the molecule is CC\C=C/C=C/C=C/C=C\C=C\C=C\CCCCCC(=O)OC(CCCCCCCCCCCCCCCC)CC(=O)NC(CO)C(O)CCCCCCCCCCCCCC. The molecule has 62 heavy (non-hydrogen) atoms. The fraction of sp³-hybridized carbons (Fsp3) is 0.750. The topological polar surface area (TPSA) is 95.9 Å². The van der Waals surface area contributed by atoms with Crippen LogP contribution in [0.15, 0.2) is 72.9 Å². The van der Waals surface area contributed by atoms with Crippen molar-refractivity contribution in [3.8, 4) is 0 Å². The highest BCUT2D eigenvalue weighted by atomic mass is 16.5. The number of aliphatic hydroxyl groups excluding tert-OH is 2. The molecule has 6 heteroatoms. The molecule has 0 aromatic rings. The lowest BCUT2D eigenvalue weighted by Crippen LogP contribution is -2.46. The number of aliphatic hydroxyl groups is 2. The van der Waals surface area contributed by atoms with Crippen molar-refractivity contribution in [2.24, 2.45) is 0 Å². The predicted octanol–water partition coefficient (Wildman–Crippen LogP) is 15.8. The molecule has 0 aliphatic heterocycles. The van der Waals surface area contributed by atoms with Crippen LogP contribution in [-0.2, 0) is 14.3 Å². The molecule has 0 rings (SSSR count).